The van der Waals surface area contributed by atoms with Gasteiger partial charge in [0.05, 0.1) is 6.61 Å². The number of nitrogens with one attached hydrogen (secondary N) is 1. The average Bonchev–Trinajstić information content (AvgIpc) is 2.80. The van der Waals surface area contributed by atoms with E-state index >= 15 is 0 Å². The van der Waals surface area contributed by atoms with Crippen LogP contribution in [0.25, 0.3) is 0 Å². The largest absolute Gasteiger partial charge is 0.381 e. The quantitative estimate of drug-likeness (QED) is 0.736. The van der Waals surface area contributed by atoms with Gasteiger partial charge in [-0.3, -0.25) is 4.90 Å². The van der Waals surface area contributed by atoms with Crippen LogP contribution >= 0.6 is 0 Å². The van der Waals surface area contributed by atoms with E-state index in [1.807, 2.05) is 0 Å². The van der Waals surface area contributed by atoms with E-state index < -0.39 is 0 Å². The first-order valence-corrected chi connectivity index (χ1v) is 7.92. The van der Waals surface area contributed by atoms with E-state index in [2.05, 4.69) is 17.1 Å². The Morgan fingerprint density at radius 1 is 1.22 bits per heavy atom. The fraction of sp³-hybridized carbons (Fsp3) is 1.00. The van der Waals surface area contributed by atoms with Crippen LogP contribution in [-0.2, 0) is 4.74 Å². The highest BCUT2D eigenvalue weighted by molar-refractivity contribution is 4.75. The van der Waals surface area contributed by atoms with Gasteiger partial charge in [-0.15, -0.1) is 0 Å². The molecular weight excluding hydrogens is 224 g/mol. The van der Waals surface area contributed by atoms with Crippen LogP contribution in [0.15, 0.2) is 0 Å². The smallest absolute Gasteiger partial charge is 0.0507 e. The molecule has 3 heteroatoms. The molecule has 2 aliphatic rings. The average molecular weight is 254 g/mol. The SMILES string of the molecule is CCC1CCCCCN1CCNCC1CCOC1. The van der Waals surface area contributed by atoms with E-state index in [1.54, 1.807) is 0 Å². The van der Waals surface area contributed by atoms with Crippen molar-refractivity contribution in [3.8, 4) is 0 Å². The van der Waals surface area contributed by atoms with Gasteiger partial charge in [0.25, 0.3) is 0 Å². The van der Waals surface area contributed by atoms with Crippen LogP contribution in [0, 0.1) is 5.92 Å². The molecule has 2 unspecified atom stereocenters. The van der Waals surface area contributed by atoms with Crippen LogP contribution in [0.2, 0.25) is 0 Å². The monoisotopic (exact) mass is 254 g/mol. The normalized spacial score (nSPS) is 30.5. The molecule has 18 heavy (non-hydrogen) atoms. The Morgan fingerprint density at radius 2 is 2.17 bits per heavy atom. The first-order chi connectivity index (χ1) is 8.90. The first kappa shape index (κ1) is 14.3. The number of ether oxygens (including phenoxy) is 1. The summed E-state index contributed by atoms with van der Waals surface area (Å²) in [5.74, 6) is 0.760. The molecule has 2 aliphatic heterocycles. The third-order valence-electron chi connectivity index (χ3n) is 4.50. The zero-order valence-corrected chi connectivity index (χ0v) is 12.0. The summed E-state index contributed by atoms with van der Waals surface area (Å²) in [5.41, 5.74) is 0. The highest BCUT2D eigenvalue weighted by Crippen LogP contribution is 2.18. The Bertz CT molecular complexity index is 217. The lowest BCUT2D eigenvalue weighted by atomic mass is 10.1. The highest BCUT2D eigenvalue weighted by atomic mass is 16.5. The molecule has 2 heterocycles. The van der Waals surface area contributed by atoms with E-state index in [1.165, 1.54) is 51.6 Å². The molecule has 0 spiro atoms. The van der Waals surface area contributed by atoms with E-state index in [9.17, 15) is 0 Å². The molecule has 106 valence electrons. The lowest BCUT2D eigenvalue weighted by molar-refractivity contribution is 0.181. The topological polar surface area (TPSA) is 24.5 Å². The summed E-state index contributed by atoms with van der Waals surface area (Å²) < 4.78 is 5.40. The van der Waals surface area contributed by atoms with Gasteiger partial charge in [-0.05, 0) is 38.1 Å². The number of nitrogens with zero attached hydrogens (tertiary/aromatic N) is 1. The summed E-state index contributed by atoms with van der Waals surface area (Å²) in [5, 5.41) is 3.62. The molecular formula is C15H30N2O. The molecule has 2 saturated heterocycles. The van der Waals surface area contributed by atoms with Gasteiger partial charge in [0, 0.05) is 32.3 Å². The molecule has 0 aromatic heterocycles. The van der Waals surface area contributed by atoms with Crippen molar-refractivity contribution in [1.82, 2.24) is 10.2 Å². The minimum absolute atomic E-state index is 0.760. The zero-order chi connectivity index (χ0) is 12.6. The molecule has 0 radical (unpaired) electrons. The maximum Gasteiger partial charge on any atom is 0.0507 e. The predicted octanol–water partition coefficient (Wildman–Crippen LogP) is 2.27. The van der Waals surface area contributed by atoms with E-state index in [0.717, 1.165) is 38.3 Å². The number of hydrogen-bond acceptors (Lipinski definition) is 3. The second-order valence-electron chi connectivity index (χ2n) is 5.88. The molecule has 0 saturated carbocycles. The van der Waals surface area contributed by atoms with Crippen LogP contribution in [0.5, 0.6) is 0 Å². The minimum Gasteiger partial charge on any atom is -0.381 e. The fourth-order valence-corrected chi connectivity index (χ4v) is 3.27. The Kier molecular flexibility index (Phi) is 6.46. The van der Waals surface area contributed by atoms with Gasteiger partial charge in [-0.25, -0.2) is 0 Å². The fourth-order valence-electron chi connectivity index (χ4n) is 3.27. The summed E-state index contributed by atoms with van der Waals surface area (Å²) >= 11 is 0. The summed E-state index contributed by atoms with van der Waals surface area (Å²) in [4.78, 5) is 2.71. The van der Waals surface area contributed by atoms with Crippen molar-refractivity contribution < 1.29 is 4.74 Å². The van der Waals surface area contributed by atoms with Gasteiger partial charge in [0.1, 0.15) is 0 Å². The Hall–Kier alpha value is -0.120. The van der Waals surface area contributed by atoms with Crippen molar-refractivity contribution in [2.75, 3.05) is 39.4 Å². The molecule has 0 aliphatic carbocycles. The Labute approximate surface area is 112 Å². The lowest BCUT2D eigenvalue weighted by Crippen LogP contribution is -2.40. The van der Waals surface area contributed by atoms with Crippen LogP contribution in [-0.4, -0.2) is 50.3 Å². The van der Waals surface area contributed by atoms with Gasteiger partial charge in [-0.2, -0.15) is 0 Å². The molecule has 0 aromatic carbocycles. The highest BCUT2D eigenvalue weighted by Gasteiger charge is 2.19. The third kappa shape index (κ3) is 4.52. The number of rotatable bonds is 6. The summed E-state index contributed by atoms with van der Waals surface area (Å²) in [6.45, 7) is 9.10. The van der Waals surface area contributed by atoms with Crippen molar-refractivity contribution in [2.45, 2.75) is 51.5 Å². The second kappa shape index (κ2) is 8.13. The van der Waals surface area contributed by atoms with E-state index in [0.29, 0.717) is 0 Å². The van der Waals surface area contributed by atoms with Crippen molar-refractivity contribution in [2.24, 2.45) is 5.92 Å². The molecule has 0 aromatic rings. The van der Waals surface area contributed by atoms with Crippen LogP contribution in [0.3, 0.4) is 0 Å². The van der Waals surface area contributed by atoms with Crippen molar-refractivity contribution >= 4 is 0 Å². The number of likely N-dealkylation sites (tertiary alicyclic amines) is 1. The number of hydrogen-bond donors (Lipinski definition) is 1. The Balaban J connectivity index is 1.61. The summed E-state index contributed by atoms with van der Waals surface area (Å²) in [7, 11) is 0. The first-order valence-electron chi connectivity index (χ1n) is 7.92. The standard InChI is InChI=1S/C15H30N2O/c1-2-15-6-4-3-5-9-17(15)10-8-16-12-14-7-11-18-13-14/h14-16H,2-13H2,1H3. The van der Waals surface area contributed by atoms with Crippen molar-refractivity contribution in [1.29, 1.82) is 0 Å². The van der Waals surface area contributed by atoms with Gasteiger partial charge in [0.2, 0.25) is 0 Å². The lowest BCUT2D eigenvalue weighted by Gasteiger charge is -2.29. The molecule has 1 N–H and O–H groups in total. The molecule has 0 amide bonds. The van der Waals surface area contributed by atoms with Crippen LogP contribution < -0.4 is 5.32 Å². The summed E-state index contributed by atoms with van der Waals surface area (Å²) in [6.07, 6.45) is 8.23. The van der Waals surface area contributed by atoms with Crippen LogP contribution in [0.1, 0.15) is 45.4 Å². The zero-order valence-electron chi connectivity index (χ0n) is 12.0. The van der Waals surface area contributed by atoms with Crippen molar-refractivity contribution in [3.05, 3.63) is 0 Å². The summed E-state index contributed by atoms with van der Waals surface area (Å²) in [6, 6.07) is 0.837. The third-order valence-corrected chi connectivity index (χ3v) is 4.50. The van der Waals surface area contributed by atoms with E-state index in [-0.39, 0.29) is 0 Å². The molecule has 0 bridgehead atoms. The minimum atomic E-state index is 0.760. The Morgan fingerprint density at radius 3 is 2.94 bits per heavy atom. The molecule has 2 atom stereocenters. The maximum absolute atomic E-state index is 5.40. The second-order valence-corrected chi connectivity index (χ2v) is 5.88. The van der Waals surface area contributed by atoms with Gasteiger partial charge < -0.3 is 10.1 Å². The molecule has 2 fully saturated rings. The van der Waals surface area contributed by atoms with Crippen LogP contribution in [0.4, 0.5) is 0 Å². The van der Waals surface area contributed by atoms with Crippen molar-refractivity contribution in [3.63, 3.8) is 0 Å². The molecule has 3 nitrogen and oxygen atoms in total. The van der Waals surface area contributed by atoms with Gasteiger partial charge >= 0.3 is 0 Å². The molecule has 2 rings (SSSR count). The predicted molar refractivity (Wildman–Crippen MR) is 75.9 cm³/mol. The van der Waals surface area contributed by atoms with E-state index in [4.69, 9.17) is 4.74 Å². The maximum atomic E-state index is 5.40. The van der Waals surface area contributed by atoms with Gasteiger partial charge in [-0.1, -0.05) is 19.8 Å². The van der Waals surface area contributed by atoms with Gasteiger partial charge in [0.15, 0.2) is 0 Å².